The van der Waals surface area contributed by atoms with Gasteiger partial charge in [0.25, 0.3) is 0 Å². The number of guanidine groups is 1. The van der Waals surface area contributed by atoms with Crippen molar-refractivity contribution < 1.29 is 9.15 Å². The van der Waals surface area contributed by atoms with Gasteiger partial charge >= 0.3 is 0 Å². The van der Waals surface area contributed by atoms with Gasteiger partial charge in [0, 0.05) is 43.0 Å². The summed E-state index contributed by atoms with van der Waals surface area (Å²) in [6.07, 6.45) is 4.07. The summed E-state index contributed by atoms with van der Waals surface area (Å²) in [6.45, 7) is 10.4. The first-order valence-electron chi connectivity index (χ1n) is 8.70. The molecular formula is C18H29N3O2. The minimum atomic E-state index is 0.154. The van der Waals surface area contributed by atoms with Gasteiger partial charge in [0.2, 0.25) is 0 Å². The van der Waals surface area contributed by atoms with Crippen LogP contribution in [0.2, 0.25) is 0 Å². The Morgan fingerprint density at radius 3 is 2.96 bits per heavy atom. The van der Waals surface area contributed by atoms with E-state index in [0.29, 0.717) is 30.7 Å². The van der Waals surface area contributed by atoms with Gasteiger partial charge in [-0.15, -0.1) is 0 Å². The van der Waals surface area contributed by atoms with Gasteiger partial charge in [0.1, 0.15) is 5.76 Å². The van der Waals surface area contributed by atoms with E-state index in [2.05, 4.69) is 38.3 Å². The van der Waals surface area contributed by atoms with Gasteiger partial charge in [0.05, 0.1) is 12.4 Å². The van der Waals surface area contributed by atoms with Gasteiger partial charge in [-0.3, -0.25) is 4.99 Å². The van der Waals surface area contributed by atoms with Crippen molar-refractivity contribution in [3.8, 4) is 0 Å². The van der Waals surface area contributed by atoms with Crippen molar-refractivity contribution in [2.24, 2.45) is 16.3 Å². The van der Waals surface area contributed by atoms with Crippen molar-refractivity contribution in [1.82, 2.24) is 10.6 Å². The van der Waals surface area contributed by atoms with Crippen LogP contribution in [0.5, 0.6) is 0 Å². The summed E-state index contributed by atoms with van der Waals surface area (Å²) in [6, 6.07) is 4.68. The first-order valence-corrected chi connectivity index (χ1v) is 8.70. The Morgan fingerprint density at radius 1 is 1.43 bits per heavy atom. The number of fused-ring (bicyclic) bond motifs is 1. The predicted molar refractivity (Wildman–Crippen MR) is 91.5 cm³/mol. The van der Waals surface area contributed by atoms with E-state index in [4.69, 9.17) is 14.1 Å². The average molecular weight is 319 g/mol. The van der Waals surface area contributed by atoms with Crippen LogP contribution in [0.4, 0.5) is 0 Å². The molecule has 2 fully saturated rings. The Bertz CT molecular complexity index is 536. The largest absolute Gasteiger partial charge is 0.469 e. The van der Waals surface area contributed by atoms with E-state index < -0.39 is 0 Å². The van der Waals surface area contributed by atoms with Gasteiger partial charge in [-0.1, -0.05) is 13.8 Å². The average Bonchev–Trinajstić information content (AvgIpc) is 3.14. The number of nitrogens with one attached hydrogen (secondary N) is 2. The maximum absolute atomic E-state index is 5.88. The zero-order chi connectivity index (χ0) is 16.4. The maximum Gasteiger partial charge on any atom is 0.191 e. The van der Waals surface area contributed by atoms with Crippen molar-refractivity contribution in [3.05, 3.63) is 24.2 Å². The molecule has 0 radical (unpaired) electrons. The lowest BCUT2D eigenvalue weighted by Crippen LogP contribution is -2.68. The Labute approximate surface area is 138 Å². The normalized spacial score (nSPS) is 29.3. The van der Waals surface area contributed by atoms with Crippen LogP contribution in [0, 0.1) is 11.3 Å². The van der Waals surface area contributed by atoms with Crippen molar-refractivity contribution in [1.29, 1.82) is 0 Å². The van der Waals surface area contributed by atoms with Gasteiger partial charge in [-0.2, -0.15) is 0 Å². The summed E-state index contributed by atoms with van der Waals surface area (Å²) in [4.78, 5) is 4.73. The van der Waals surface area contributed by atoms with Crippen molar-refractivity contribution in [3.63, 3.8) is 0 Å². The summed E-state index contributed by atoms with van der Waals surface area (Å²) < 4.78 is 11.3. The van der Waals surface area contributed by atoms with Crippen LogP contribution in [0.25, 0.3) is 0 Å². The van der Waals surface area contributed by atoms with Crippen LogP contribution in [0.3, 0.4) is 0 Å². The summed E-state index contributed by atoms with van der Waals surface area (Å²) in [5, 5.41) is 7.10. The second-order valence-electron chi connectivity index (χ2n) is 7.55. The number of aliphatic imine (C=N–C) groups is 1. The molecule has 1 aliphatic carbocycles. The third kappa shape index (κ3) is 3.39. The fourth-order valence-corrected chi connectivity index (χ4v) is 3.90. The zero-order valence-corrected chi connectivity index (χ0v) is 14.6. The Balaban J connectivity index is 1.62. The van der Waals surface area contributed by atoms with Crippen LogP contribution in [-0.2, 0) is 11.2 Å². The smallest absolute Gasteiger partial charge is 0.191 e. The lowest BCUT2D eigenvalue weighted by Gasteiger charge is -2.55. The highest BCUT2D eigenvalue weighted by atomic mass is 16.5. The molecule has 23 heavy (non-hydrogen) atoms. The molecule has 1 aromatic heterocycles. The molecule has 5 nitrogen and oxygen atoms in total. The molecule has 1 saturated carbocycles. The zero-order valence-electron chi connectivity index (χ0n) is 14.6. The maximum atomic E-state index is 5.88. The summed E-state index contributed by atoms with van der Waals surface area (Å²) in [7, 11) is 0. The first-order chi connectivity index (χ1) is 11.0. The molecule has 3 atom stereocenters. The van der Waals surface area contributed by atoms with E-state index >= 15 is 0 Å². The number of hydrogen-bond acceptors (Lipinski definition) is 3. The lowest BCUT2D eigenvalue weighted by atomic mass is 9.57. The van der Waals surface area contributed by atoms with Crippen molar-refractivity contribution in [2.75, 3.05) is 13.2 Å². The fraction of sp³-hybridized carbons (Fsp3) is 0.722. The second-order valence-corrected chi connectivity index (χ2v) is 7.55. The molecule has 1 aliphatic heterocycles. The van der Waals surface area contributed by atoms with Gasteiger partial charge in [0.15, 0.2) is 5.96 Å². The summed E-state index contributed by atoms with van der Waals surface area (Å²) in [5.41, 5.74) is 0.154. The SMILES string of the molecule is CC(C)NC(=NCCc1ccco1)NC1C2CCOC2C1(C)C. The molecular weight excluding hydrogens is 290 g/mol. The minimum absolute atomic E-state index is 0.154. The van der Waals surface area contributed by atoms with Crippen LogP contribution >= 0.6 is 0 Å². The number of hydrogen-bond donors (Lipinski definition) is 2. The quantitative estimate of drug-likeness (QED) is 0.647. The summed E-state index contributed by atoms with van der Waals surface area (Å²) in [5.74, 6) is 2.48. The van der Waals surface area contributed by atoms with Crippen molar-refractivity contribution >= 4 is 5.96 Å². The molecule has 3 unspecified atom stereocenters. The highest BCUT2D eigenvalue weighted by Gasteiger charge is 2.59. The number of rotatable bonds is 5. The molecule has 2 aliphatic rings. The Hall–Kier alpha value is -1.49. The molecule has 1 aromatic rings. The number of ether oxygens (including phenoxy) is 1. The lowest BCUT2D eigenvalue weighted by molar-refractivity contribution is -0.106. The van der Waals surface area contributed by atoms with Gasteiger partial charge in [-0.25, -0.2) is 0 Å². The van der Waals surface area contributed by atoms with Crippen LogP contribution in [0.15, 0.2) is 27.8 Å². The van der Waals surface area contributed by atoms with E-state index in [-0.39, 0.29) is 5.41 Å². The van der Waals surface area contributed by atoms with E-state index in [1.807, 2.05) is 12.1 Å². The highest BCUT2D eigenvalue weighted by molar-refractivity contribution is 5.80. The molecule has 3 rings (SSSR count). The molecule has 0 spiro atoms. The van der Waals surface area contributed by atoms with E-state index in [0.717, 1.165) is 31.2 Å². The monoisotopic (exact) mass is 319 g/mol. The topological polar surface area (TPSA) is 58.8 Å². The van der Waals surface area contributed by atoms with Gasteiger partial charge < -0.3 is 19.8 Å². The summed E-state index contributed by atoms with van der Waals surface area (Å²) >= 11 is 0. The van der Waals surface area contributed by atoms with E-state index in [1.54, 1.807) is 6.26 Å². The Morgan fingerprint density at radius 2 is 2.26 bits per heavy atom. The molecule has 5 heteroatoms. The molecule has 0 amide bonds. The Kier molecular flexibility index (Phi) is 4.67. The standard InChI is InChI=1S/C18H29N3O2/c1-12(2)20-17(19-9-7-13-6-5-10-22-13)21-15-14-8-11-23-16(14)18(15,3)4/h5-6,10,12,14-16H,7-9,11H2,1-4H3,(H2,19,20,21). The molecule has 1 saturated heterocycles. The van der Waals surface area contributed by atoms with E-state index in [1.165, 1.54) is 0 Å². The third-order valence-corrected chi connectivity index (χ3v) is 5.03. The molecule has 0 bridgehead atoms. The van der Waals surface area contributed by atoms with Gasteiger partial charge in [-0.05, 0) is 32.4 Å². The van der Waals surface area contributed by atoms with Crippen LogP contribution in [-0.4, -0.2) is 37.3 Å². The second kappa shape index (κ2) is 6.56. The van der Waals surface area contributed by atoms with Crippen LogP contribution in [0.1, 0.15) is 39.9 Å². The van der Waals surface area contributed by atoms with E-state index in [9.17, 15) is 0 Å². The number of nitrogens with zero attached hydrogens (tertiary/aromatic N) is 1. The fourth-order valence-electron chi connectivity index (χ4n) is 3.90. The molecule has 2 heterocycles. The minimum Gasteiger partial charge on any atom is -0.469 e. The molecule has 128 valence electrons. The molecule has 2 N–H and O–H groups in total. The first kappa shape index (κ1) is 16.4. The predicted octanol–water partition coefficient (Wildman–Crippen LogP) is 2.58. The number of furan rings is 1. The third-order valence-electron chi connectivity index (χ3n) is 5.03. The highest BCUT2D eigenvalue weighted by Crippen LogP contribution is 2.52. The van der Waals surface area contributed by atoms with Crippen LogP contribution < -0.4 is 10.6 Å². The van der Waals surface area contributed by atoms with Crippen molar-refractivity contribution in [2.45, 2.75) is 58.7 Å². The molecule has 0 aromatic carbocycles.